The van der Waals surface area contributed by atoms with E-state index < -0.39 is 0 Å². The molecule has 8 heteroatoms. The topological polar surface area (TPSA) is 85.8 Å². The third-order valence-corrected chi connectivity index (χ3v) is 3.61. The molecule has 0 fully saturated rings. The van der Waals surface area contributed by atoms with E-state index in [0.717, 1.165) is 34.8 Å². The van der Waals surface area contributed by atoms with E-state index in [1.165, 1.54) is 6.33 Å². The Morgan fingerprint density at radius 1 is 1.08 bits per heavy atom. The summed E-state index contributed by atoms with van der Waals surface area (Å²) in [5.74, 6) is 0.750. The van der Waals surface area contributed by atoms with Crippen molar-refractivity contribution in [3.05, 3.63) is 66.3 Å². The van der Waals surface area contributed by atoms with Gasteiger partial charge in [-0.25, -0.2) is 24.1 Å². The number of aromatic nitrogens is 7. The lowest BCUT2D eigenvalue weighted by Crippen LogP contribution is -2.14. The Morgan fingerprint density at radius 2 is 1.96 bits per heavy atom. The van der Waals surface area contributed by atoms with Gasteiger partial charge >= 0.3 is 0 Å². The summed E-state index contributed by atoms with van der Waals surface area (Å²) >= 11 is 0. The average Bonchev–Trinajstić information content (AvgIpc) is 3.24. The lowest BCUT2D eigenvalue weighted by molar-refractivity contribution is 0.682. The van der Waals surface area contributed by atoms with Gasteiger partial charge in [-0.3, -0.25) is 0 Å². The quantitative estimate of drug-likeness (QED) is 0.596. The number of rotatable bonds is 5. The standard InChI is InChI=1S/C16H16N8/c1-12-4-16-20-8-14(9-23(16)22-12)6-17-5-13-2-3-15(19-7-13)24-11-18-10-21-24/h2-4,7-11,17H,5-6H2,1H3. The number of hydrogen-bond donors (Lipinski definition) is 1. The van der Waals surface area contributed by atoms with E-state index in [1.54, 1.807) is 15.5 Å². The maximum absolute atomic E-state index is 4.40. The third-order valence-electron chi connectivity index (χ3n) is 3.61. The molecule has 0 saturated carbocycles. The molecule has 0 amide bonds. The smallest absolute Gasteiger partial charge is 0.155 e. The van der Waals surface area contributed by atoms with Crippen molar-refractivity contribution < 1.29 is 0 Å². The molecule has 0 bridgehead atoms. The van der Waals surface area contributed by atoms with Crippen LogP contribution in [0.4, 0.5) is 0 Å². The van der Waals surface area contributed by atoms with Crippen LogP contribution in [0.25, 0.3) is 11.5 Å². The zero-order valence-corrected chi connectivity index (χ0v) is 13.2. The molecular weight excluding hydrogens is 304 g/mol. The first-order valence-corrected chi connectivity index (χ1v) is 7.59. The van der Waals surface area contributed by atoms with Crippen LogP contribution in [0.15, 0.2) is 49.4 Å². The third kappa shape index (κ3) is 2.99. The summed E-state index contributed by atoms with van der Waals surface area (Å²) in [6.45, 7) is 3.40. The Hall–Kier alpha value is -3.13. The van der Waals surface area contributed by atoms with Crippen LogP contribution in [0.3, 0.4) is 0 Å². The number of aryl methyl sites for hydroxylation is 1. The first-order valence-electron chi connectivity index (χ1n) is 7.59. The molecule has 4 rings (SSSR count). The fourth-order valence-corrected chi connectivity index (χ4v) is 2.46. The molecule has 0 saturated heterocycles. The Labute approximate surface area is 138 Å². The fourth-order valence-electron chi connectivity index (χ4n) is 2.46. The summed E-state index contributed by atoms with van der Waals surface area (Å²) in [4.78, 5) is 12.7. The van der Waals surface area contributed by atoms with E-state index in [2.05, 4.69) is 30.5 Å². The number of fused-ring (bicyclic) bond motifs is 1. The summed E-state index contributed by atoms with van der Waals surface area (Å²) in [6, 6.07) is 5.90. The van der Waals surface area contributed by atoms with Crippen molar-refractivity contribution in [3.63, 3.8) is 0 Å². The number of nitrogens with zero attached hydrogens (tertiary/aromatic N) is 7. The largest absolute Gasteiger partial charge is 0.308 e. The molecule has 8 nitrogen and oxygen atoms in total. The molecule has 0 unspecified atom stereocenters. The molecule has 120 valence electrons. The second-order valence-electron chi connectivity index (χ2n) is 5.52. The summed E-state index contributed by atoms with van der Waals surface area (Å²) in [6.07, 6.45) is 8.82. The van der Waals surface area contributed by atoms with E-state index in [0.29, 0.717) is 6.54 Å². The van der Waals surface area contributed by atoms with Crippen LogP contribution in [-0.4, -0.2) is 34.3 Å². The van der Waals surface area contributed by atoms with Gasteiger partial charge in [0.25, 0.3) is 0 Å². The van der Waals surface area contributed by atoms with Crippen molar-refractivity contribution >= 4 is 5.65 Å². The molecule has 4 heterocycles. The van der Waals surface area contributed by atoms with Crippen LogP contribution >= 0.6 is 0 Å². The zero-order valence-electron chi connectivity index (χ0n) is 13.2. The van der Waals surface area contributed by atoms with Gasteiger partial charge < -0.3 is 5.32 Å². The zero-order chi connectivity index (χ0) is 16.4. The van der Waals surface area contributed by atoms with Crippen molar-refractivity contribution in [1.29, 1.82) is 0 Å². The molecule has 4 aromatic heterocycles. The van der Waals surface area contributed by atoms with Gasteiger partial charge in [-0.2, -0.15) is 10.2 Å². The Bertz CT molecular complexity index is 940. The second kappa shape index (κ2) is 6.17. The van der Waals surface area contributed by atoms with E-state index in [4.69, 9.17) is 0 Å². The molecule has 0 radical (unpaired) electrons. The minimum Gasteiger partial charge on any atom is -0.308 e. The normalized spacial score (nSPS) is 11.2. The summed E-state index contributed by atoms with van der Waals surface area (Å²) in [5, 5.41) is 11.8. The summed E-state index contributed by atoms with van der Waals surface area (Å²) in [5.41, 5.74) is 4.01. The van der Waals surface area contributed by atoms with E-state index in [-0.39, 0.29) is 0 Å². The van der Waals surface area contributed by atoms with Gasteiger partial charge in [0, 0.05) is 43.3 Å². The highest BCUT2D eigenvalue weighted by Crippen LogP contribution is 2.06. The first kappa shape index (κ1) is 14.5. The van der Waals surface area contributed by atoms with Crippen molar-refractivity contribution in [2.75, 3.05) is 0 Å². The average molecular weight is 320 g/mol. The minimum atomic E-state index is 0.715. The van der Waals surface area contributed by atoms with Crippen LogP contribution in [-0.2, 0) is 13.1 Å². The maximum atomic E-state index is 4.40. The monoisotopic (exact) mass is 320 g/mol. The van der Waals surface area contributed by atoms with E-state index in [9.17, 15) is 0 Å². The van der Waals surface area contributed by atoms with Crippen molar-refractivity contribution in [3.8, 4) is 5.82 Å². The van der Waals surface area contributed by atoms with Crippen LogP contribution in [0.1, 0.15) is 16.8 Å². The van der Waals surface area contributed by atoms with Gasteiger partial charge in [-0.1, -0.05) is 6.07 Å². The van der Waals surface area contributed by atoms with Gasteiger partial charge in [0.05, 0.1) is 5.69 Å². The fraction of sp³-hybridized carbons (Fsp3) is 0.188. The first-order chi connectivity index (χ1) is 11.8. The molecule has 0 atom stereocenters. The predicted molar refractivity (Wildman–Crippen MR) is 87.4 cm³/mol. The lowest BCUT2D eigenvalue weighted by atomic mass is 10.2. The molecule has 0 aromatic carbocycles. The van der Waals surface area contributed by atoms with Crippen molar-refractivity contribution in [2.45, 2.75) is 20.0 Å². The highest BCUT2D eigenvalue weighted by atomic mass is 15.3. The molecular formula is C16H16N8. The molecule has 0 aliphatic rings. The second-order valence-corrected chi connectivity index (χ2v) is 5.52. The molecule has 24 heavy (non-hydrogen) atoms. The summed E-state index contributed by atoms with van der Waals surface area (Å²) in [7, 11) is 0. The summed E-state index contributed by atoms with van der Waals surface area (Å²) < 4.78 is 3.44. The Morgan fingerprint density at radius 3 is 2.75 bits per heavy atom. The van der Waals surface area contributed by atoms with Crippen LogP contribution in [0.2, 0.25) is 0 Å². The predicted octanol–water partition coefficient (Wildman–Crippen LogP) is 1.30. The molecule has 0 aliphatic carbocycles. The number of hydrogen-bond acceptors (Lipinski definition) is 6. The van der Waals surface area contributed by atoms with Crippen LogP contribution in [0.5, 0.6) is 0 Å². The van der Waals surface area contributed by atoms with Gasteiger partial charge in [0.15, 0.2) is 11.5 Å². The van der Waals surface area contributed by atoms with Gasteiger partial charge in [0.1, 0.15) is 12.7 Å². The Balaban J connectivity index is 1.37. The number of pyridine rings is 1. The van der Waals surface area contributed by atoms with Gasteiger partial charge in [-0.05, 0) is 18.6 Å². The maximum Gasteiger partial charge on any atom is 0.155 e. The minimum absolute atomic E-state index is 0.715. The van der Waals surface area contributed by atoms with Gasteiger partial charge in [-0.15, -0.1) is 0 Å². The highest BCUT2D eigenvalue weighted by Gasteiger charge is 2.02. The molecule has 4 aromatic rings. The SMILES string of the molecule is Cc1cc2ncc(CNCc3ccc(-n4cncn4)nc3)cn2n1. The van der Waals surface area contributed by atoms with Crippen molar-refractivity contribution in [2.24, 2.45) is 0 Å². The number of nitrogens with one attached hydrogen (secondary N) is 1. The Kier molecular flexibility index (Phi) is 3.72. The molecule has 0 spiro atoms. The van der Waals surface area contributed by atoms with Crippen LogP contribution in [0, 0.1) is 6.92 Å². The van der Waals surface area contributed by atoms with Crippen molar-refractivity contribution in [1.82, 2.24) is 39.7 Å². The molecule has 0 aliphatic heterocycles. The molecule has 1 N–H and O–H groups in total. The lowest BCUT2D eigenvalue weighted by Gasteiger charge is -2.06. The van der Waals surface area contributed by atoms with E-state index in [1.807, 2.05) is 43.7 Å². The van der Waals surface area contributed by atoms with Gasteiger partial charge in [0.2, 0.25) is 0 Å². The van der Waals surface area contributed by atoms with Crippen LogP contribution < -0.4 is 5.32 Å². The van der Waals surface area contributed by atoms with E-state index >= 15 is 0 Å². The highest BCUT2D eigenvalue weighted by molar-refractivity contribution is 5.38.